The molecule has 1 heterocycles. The van der Waals surface area contributed by atoms with Gasteiger partial charge in [-0.2, -0.15) is 0 Å². The van der Waals surface area contributed by atoms with Crippen LogP contribution in [0.3, 0.4) is 0 Å². The van der Waals surface area contributed by atoms with Crippen LogP contribution in [-0.4, -0.2) is 11.8 Å². The molecular formula is C23H16Cl2N2O3. The number of carbonyl (C=O) groups excluding carboxylic acids is 2. The molecule has 3 aromatic carbocycles. The molecule has 7 heteroatoms. The molecule has 5 nitrogen and oxygen atoms in total. The van der Waals surface area contributed by atoms with Crippen LogP contribution in [0.15, 0.2) is 72.9 Å². The molecule has 1 aliphatic rings. The molecule has 0 saturated carbocycles. The van der Waals surface area contributed by atoms with Crippen LogP contribution in [0.25, 0.3) is 5.57 Å². The highest BCUT2D eigenvalue weighted by Crippen LogP contribution is 2.29. The van der Waals surface area contributed by atoms with Gasteiger partial charge >= 0.3 is 0 Å². The highest BCUT2D eigenvalue weighted by Gasteiger charge is 2.26. The summed E-state index contributed by atoms with van der Waals surface area (Å²) in [6.45, 7) is 0.360. The number of hydrogen-bond acceptors (Lipinski definition) is 4. The van der Waals surface area contributed by atoms with Crippen LogP contribution in [0.1, 0.15) is 21.5 Å². The molecule has 0 aromatic heterocycles. The molecule has 0 bridgehead atoms. The summed E-state index contributed by atoms with van der Waals surface area (Å²) in [4.78, 5) is 24.2. The first-order valence-electron chi connectivity index (χ1n) is 9.10. The lowest BCUT2D eigenvalue weighted by Gasteiger charge is -2.18. The Hall–Kier alpha value is -3.28. The van der Waals surface area contributed by atoms with Crippen molar-refractivity contribution in [2.75, 3.05) is 5.32 Å². The second kappa shape index (κ2) is 8.61. The Morgan fingerprint density at radius 1 is 0.900 bits per heavy atom. The van der Waals surface area contributed by atoms with Crippen LogP contribution in [0.2, 0.25) is 10.0 Å². The Bertz CT molecular complexity index is 1160. The van der Waals surface area contributed by atoms with Crippen LogP contribution in [-0.2, 0) is 11.4 Å². The predicted octanol–water partition coefficient (Wildman–Crippen LogP) is 5.30. The summed E-state index contributed by atoms with van der Waals surface area (Å²) in [7, 11) is 0. The van der Waals surface area contributed by atoms with Crippen molar-refractivity contribution in [3.63, 3.8) is 0 Å². The average Bonchev–Trinajstić information content (AvgIpc) is 2.74. The molecule has 2 amide bonds. The monoisotopic (exact) mass is 438 g/mol. The van der Waals surface area contributed by atoms with Gasteiger partial charge in [-0.25, -0.2) is 0 Å². The zero-order valence-corrected chi connectivity index (χ0v) is 17.1. The largest absolute Gasteiger partial charge is 0.487 e. The zero-order chi connectivity index (χ0) is 21.1. The Labute approximate surface area is 183 Å². The van der Waals surface area contributed by atoms with Gasteiger partial charge in [0.25, 0.3) is 11.8 Å². The van der Waals surface area contributed by atoms with E-state index in [0.29, 0.717) is 44.8 Å². The van der Waals surface area contributed by atoms with E-state index < -0.39 is 11.8 Å². The van der Waals surface area contributed by atoms with Crippen LogP contribution in [0.4, 0.5) is 5.69 Å². The van der Waals surface area contributed by atoms with E-state index in [4.69, 9.17) is 27.9 Å². The Balaban J connectivity index is 1.48. The molecule has 0 fully saturated rings. The van der Waals surface area contributed by atoms with E-state index in [1.807, 2.05) is 12.1 Å². The number of nitrogens with one attached hydrogen (secondary N) is 2. The van der Waals surface area contributed by atoms with E-state index >= 15 is 0 Å². The number of rotatable bonds is 5. The van der Waals surface area contributed by atoms with Gasteiger partial charge in [0.15, 0.2) is 0 Å². The van der Waals surface area contributed by atoms with Gasteiger partial charge in [-0.1, -0.05) is 53.5 Å². The number of imide groups is 1. The minimum atomic E-state index is -0.458. The maximum atomic E-state index is 12.3. The maximum Gasteiger partial charge on any atom is 0.260 e. The Kier molecular flexibility index (Phi) is 5.74. The van der Waals surface area contributed by atoms with E-state index in [2.05, 4.69) is 10.6 Å². The number of anilines is 1. The summed E-state index contributed by atoms with van der Waals surface area (Å²) in [5.74, 6) is -0.325. The molecule has 0 atom stereocenters. The summed E-state index contributed by atoms with van der Waals surface area (Å²) >= 11 is 12.2. The number of hydrogen-bond donors (Lipinski definition) is 2. The van der Waals surface area contributed by atoms with E-state index in [1.165, 1.54) is 0 Å². The standard InChI is InChI=1S/C23H16Cl2N2O3/c24-15-7-5-14(6-8-15)13-30-21-10-9-16(11-20(21)25)26-12-19-17-3-1-2-4-18(17)22(28)27-23(19)29/h1-12,26H,13H2,(H,27,28,29)/b19-12-. The molecule has 2 N–H and O–H groups in total. The van der Waals surface area contributed by atoms with Gasteiger partial charge in [-0.15, -0.1) is 0 Å². The second-order valence-corrected chi connectivity index (χ2v) is 7.44. The molecular weight excluding hydrogens is 423 g/mol. The van der Waals surface area contributed by atoms with E-state index in [1.54, 1.807) is 60.8 Å². The van der Waals surface area contributed by atoms with Gasteiger partial charge in [-0.3, -0.25) is 14.9 Å². The van der Waals surface area contributed by atoms with Gasteiger partial charge in [0, 0.05) is 28.0 Å². The second-order valence-electron chi connectivity index (χ2n) is 6.59. The zero-order valence-electron chi connectivity index (χ0n) is 15.6. The van der Waals surface area contributed by atoms with Crippen molar-refractivity contribution in [1.82, 2.24) is 5.32 Å². The van der Waals surface area contributed by atoms with Gasteiger partial charge in [0.1, 0.15) is 12.4 Å². The summed E-state index contributed by atoms with van der Waals surface area (Å²) in [6.07, 6.45) is 1.56. The quantitative estimate of drug-likeness (QED) is 0.419. The lowest BCUT2D eigenvalue weighted by atomic mass is 9.96. The van der Waals surface area contributed by atoms with Crippen LogP contribution >= 0.6 is 23.2 Å². The number of benzene rings is 3. The van der Waals surface area contributed by atoms with Crippen molar-refractivity contribution in [3.8, 4) is 5.75 Å². The van der Waals surface area contributed by atoms with Crippen molar-refractivity contribution in [2.45, 2.75) is 6.61 Å². The summed E-state index contributed by atoms with van der Waals surface area (Å²) < 4.78 is 5.77. The number of amides is 2. The molecule has 3 aromatic rings. The highest BCUT2D eigenvalue weighted by atomic mass is 35.5. The Morgan fingerprint density at radius 2 is 1.63 bits per heavy atom. The normalized spacial score (nSPS) is 14.3. The van der Waals surface area contributed by atoms with Crippen molar-refractivity contribution < 1.29 is 14.3 Å². The molecule has 0 aliphatic carbocycles. The first-order valence-corrected chi connectivity index (χ1v) is 9.85. The van der Waals surface area contributed by atoms with Gasteiger partial charge in [0.2, 0.25) is 0 Å². The van der Waals surface area contributed by atoms with Crippen molar-refractivity contribution in [3.05, 3.63) is 99.7 Å². The number of ether oxygens (including phenoxy) is 1. The average molecular weight is 439 g/mol. The van der Waals surface area contributed by atoms with E-state index in [-0.39, 0.29) is 0 Å². The van der Waals surface area contributed by atoms with Crippen LogP contribution < -0.4 is 15.4 Å². The smallest absolute Gasteiger partial charge is 0.260 e. The maximum absolute atomic E-state index is 12.3. The minimum absolute atomic E-state index is 0.360. The fourth-order valence-corrected chi connectivity index (χ4v) is 3.39. The number of halogens is 2. The van der Waals surface area contributed by atoms with Crippen molar-refractivity contribution >= 4 is 46.3 Å². The summed E-state index contributed by atoms with van der Waals surface area (Å²) in [5, 5.41) is 6.49. The van der Waals surface area contributed by atoms with Crippen LogP contribution in [0.5, 0.6) is 5.75 Å². The van der Waals surface area contributed by atoms with Gasteiger partial charge in [0.05, 0.1) is 10.6 Å². The van der Waals surface area contributed by atoms with Crippen LogP contribution in [0, 0.1) is 0 Å². The fraction of sp³-hybridized carbons (Fsp3) is 0.0435. The number of fused-ring (bicyclic) bond motifs is 1. The third kappa shape index (κ3) is 4.32. The van der Waals surface area contributed by atoms with Crippen molar-refractivity contribution in [1.29, 1.82) is 0 Å². The lowest BCUT2D eigenvalue weighted by molar-refractivity contribution is -0.114. The van der Waals surface area contributed by atoms with Gasteiger partial charge < -0.3 is 10.1 Å². The van der Waals surface area contributed by atoms with Gasteiger partial charge in [-0.05, 0) is 42.0 Å². The highest BCUT2D eigenvalue weighted by molar-refractivity contribution is 6.32. The molecule has 1 aliphatic heterocycles. The molecule has 0 spiro atoms. The Morgan fingerprint density at radius 3 is 2.37 bits per heavy atom. The number of carbonyl (C=O) groups is 2. The minimum Gasteiger partial charge on any atom is -0.487 e. The fourth-order valence-electron chi connectivity index (χ4n) is 3.02. The molecule has 4 rings (SSSR count). The van der Waals surface area contributed by atoms with Crippen molar-refractivity contribution in [2.24, 2.45) is 0 Å². The molecule has 0 radical (unpaired) electrons. The first kappa shape index (κ1) is 20.0. The first-order chi connectivity index (χ1) is 14.5. The third-order valence-corrected chi connectivity index (χ3v) is 5.10. The van der Waals surface area contributed by atoms with E-state index in [0.717, 1.165) is 5.56 Å². The molecule has 0 saturated heterocycles. The molecule has 0 unspecified atom stereocenters. The summed E-state index contributed by atoms with van der Waals surface area (Å²) in [6, 6.07) is 19.6. The molecule has 150 valence electrons. The molecule has 30 heavy (non-hydrogen) atoms. The van der Waals surface area contributed by atoms with E-state index in [9.17, 15) is 9.59 Å². The predicted molar refractivity (Wildman–Crippen MR) is 118 cm³/mol. The SMILES string of the molecule is O=C1NC(=O)c2ccccc2/C1=C/Nc1ccc(OCc2ccc(Cl)cc2)c(Cl)c1. The lowest BCUT2D eigenvalue weighted by Crippen LogP contribution is -2.36. The topological polar surface area (TPSA) is 67.4 Å². The summed E-state index contributed by atoms with van der Waals surface area (Å²) in [5.41, 5.74) is 3.04. The third-order valence-electron chi connectivity index (χ3n) is 4.56.